The van der Waals surface area contributed by atoms with Gasteiger partial charge in [-0.15, -0.1) is 0 Å². The molecule has 1 aliphatic heterocycles. The zero-order valence-corrected chi connectivity index (χ0v) is 10.7. The number of ether oxygens (including phenoxy) is 1. The van der Waals surface area contributed by atoms with Crippen LogP contribution < -0.4 is 15.8 Å². The highest BCUT2D eigenvalue weighted by Gasteiger charge is 2.26. The second-order valence-electron chi connectivity index (χ2n) is 4.74. The first-order valence-corrected chi connectivity index (χ1v) is 6.44. The molecular weight excluding hydrogens is 228 g/mol. The highest BCUT2D eigenvalue weighted by Crippen LogP contribution is 2.31. The first-order chi connectivity index (χ1) is 8.72. The number of benzene rings is 1. The molecule has 2 unspecified atom stereocenters. The van der Waals surface area contributed by atoms with Gasteiger partial charge in [-0.1, -0.05) is 25.1 Å². The van der Waals surface area contributed by atoms with Crippen LogP contribution in [0, 0.1) is 5.92 Å². The van der Waals surface area contributed by atoms with Gasteiger partial charge in [0.2, 0.25) is 5.91 Å². The van der Waals surface area contributed by atoms with E-state index in [1.54, 1.807) is 0 Å². The number of nitrogens with two attached hydrogens (primary N) is 1. The Morgan fingerprint density at radius 1 is 1.56 bits per heavy atom. The summed E-state index contributed by atoms with van der Waals surface area (Å²) in [6, 6.07) is 7.81. The molecule has 1 heterocycles. The molecular formula is C14H20N2O2. The maximum atomic E-state index is 12.0. The van der Waals surface area contributed by atoms with Crippen molar-refractivity contribution in [3.05, 3.63) is 29.8 Å². The molecule has 1 aliphatic rings. The van der Waals surface area contributed by atoms with Crippen molar-refractivity contribution < 1.29 is 9.53 Å². The third-order valence-corrected chi connectivity index (χ3v) is 3.31. The molecule has 18 heavy (non-hydrogen) atoms. The molecule has 0 bridgehead atoms. The predicted molar refractivity (Wildman–Crippen MR) is 70.3 cm³/mol. The van der Waals surface area contributed by atoms with Gasteiger partial charge in [-0.2, -0.15) is 0 Å². The minimum atomic E-state index is -0.0194. The van der Waals surface area contributed by atoms with Gasteiger partial charge in [-0.3, -0.25) is 4.79 Å². The largest absolute Gasteiger partial charge is 0.491 e. The minimum absolute atomic E-state index is 0.00122. The number of rotatable bonds is 5. The van der Waals surface area contributed by atoms with Gasteiger partial charge in [-0.05, 0) is 25.5 Å². The lowest BCUT2D eigenvalue weighted by Crippen LogP contribution is -2.33. The number of carbonyl (C=O) groups is 1. The molecule has 2 rings (SSSR count). The number of fused-ring (bicyclic) bond motifs is 1. The Bertz CT molecular complexity index is 420. The summed E-state index contributed by atoms with van der Waals surface area (Å²) in [6.45, 7) is 3.09. The van der Waals surface area contributed by atoms with Crippen LogP contribution in [-0.4, -0.2) is 19.1 Å². The van der Waals surface area contributed by atoms with Gasteiger partial charge in [-0.25, -0.2) is 0 Å². The Morgan fingerprint density at radius 2 is 2.33 bits per heavy atom. The monoisotopic (exact) mass is 248 g/mol. The summed E-state index contributed by atoms with van der Waals surface area (Å²) in [5, 5.41) is 3.04. The van der Waals surface area contributed by atoms with Gasteiger partial charge >= 0.3 is 0 Å². The van der Waals surface area contributed by atoms with Crippen LogP contribution in [0.4, 0.5) is 0 Å². The molecule has 1 aromatic rings. The summed E-state index contributed by atoms with van der Waals surface area (Å²) in [5.41, 5.74) is 6.52. The quantitative estimate of drug-likeness (QED) is 0.832. The van der Waals surface area contributed by atoms with Gasteiger partial charge in [0.05, 0.1) is 6.04 Å². The molecule has 0 fully saturated rings. The molecule has 0 spiro atoms. The van der Waals surface area contributed by atoms with Crippen LogP contribution in [0.3, 0.4) is 0 Å². The molecule has 98 valence electrons. The maximum absolute atomic E-state index is 12.0. The molecule has 2 atom stereocenters. The average molecular weight is 248 g/mol. The molecule has 0 saturated heterocycles. The third-order valence-electron chi connectivity index (χ3n) is 3.31. The minimum Gasteiger partial charge on any atom is -0.491 e. The Balaban J connectivity index is 1.93. The highest BCUT2D eigenvalue weighted by molar-refractivity contribution is 5.79. The smallest absolute Gasteiger partial charge is 0.223 e. The van der Waals surface area contributed by atoms with Crippen LogP contribution in [0.5, 0.6) is 5.75 Å². The number of hydrogen-bond acceptors (Lipinski definition) is 3. The molecule has 1 amide bonds. The van der Waals surface area contributed by atoms with E-state index < -0.39 is 0 Å². The standard InChI is InChI=1S/C14H20N2O2/c1-10(5-4-8-15)14(17)16-12-9-18-13-7-3-2-6-11(12)13/h2-3,6-7,10,12H,4-5,8-9,15H2,1H3,(H,16,17). The fourth-order valence-electron chi connectivity index (χ4n) is 2.15. The van der Waals surface area contributed by atoms with Crippen LogP contribution >= 0.6 is 0 Å². The van der Waals surface area contributed by atoms with Gasteiger partial charge < -0.3 is 15.8 Å². The van der Waals surface area contributed by atoms with Crippen molar-refractivity contribution in [1.82, 2.24) is 5.32 Å². The number of para-hydroxylation sites is 1. The summed E-state index contributed by atoms with van der Waals surface area (Å²) >= 11 is 0. The number of amides is 1. The van der Waals surface area contributed by atoms with Crippen molar-refractivity contribution in [3.8, 4) is 5.75 Å². The zero-order valence-electron chi connectivity index (χ0n) is 10.7. The lowest BCUT2D eigenvalue weighted by molar-refractivity contribution is -0.125. The molecule has 0 aliphatic carbocycles. The topological polar surface area (TPSA) is 64.4 Å². The predicted octanol–water partition coefficient (Wildman–Crippen LogP) is 1.61. The lowest BCUT2D eigenvalue weighted by atomic mass is 10.0. The fourth-order valence-corrected chi connectivity index (χ4v) is 2.15. The van der Waals surface area contributed by atoms with Gasteiger partial charge in [0, 0.05) is 11.5 Å². The van der Waals surface area contributed by atoms with E-state index in [1.807, 2.05) is 31.2 Å². The Kier molecular flexibility index (Phi) is 4.20. The van der Waals surface area contributed by atoms with Crippen LogP contribution in [0.2, 0.25) is 0 Å². The summed E-state index contributed by atoms with van der Waals surface area (Å²) in [7, 11) is 0. The van der Waals surface area contributed by atoms with Crippen LogP contribution in [0.15, 0.2) is 24.3 Å². The molecule has 0 radical (unpaired) electrons. The zero-order chi connectivity index (χ0) is 13.0. The second-order valence-corrected chi connectivity index (χ2v) is 4.74. The fraction of sp³-hybridized carbons (Fsp3) is 0.500. The number of nitrogens with one attached hydrogen (secondary N) is 1. The highest BCUT2D eigenvalue weighted by atomic mass is 16.5. The Labute approximate surface area is 108 Å². The van der Waals surface area contributed by atoms with Crippen molar-refractivity contribution in [2.75, 3.05) is 13.2 Å². The van der Waals surface area contributed by atoms with Crippen molar-refractivity contribution in [2.45, 2.75) is 25.8 Å². The molecule has 4 heteroatoms. The first-order valence-electron chi connectivity index (χ1n) is 6.44. The molecule has 0 aromatic heterocycles. The summed E-state index contributed by atoms with van der Waals surface area (Å²) in [6.07, 6.45) is 1.71. The molecule has 3 N–H and O–H groups in total. The van der Waals surface area contributed by atoms with Crippen LogP contribution in [-0.2, 0) is 4.79 Å². The van der Waals surface area contributed by atoms with Gasteiger partial charge in [0.25, 0.3) is 0 Å². The van der Waals surface area contributed by atoms with Crippen LogP contribution in [0.1, 0.15) is 31.4 Å². The maximum Gasteiger partial charge on any atom is 0.223 e. The normalized spacial score (nSPS) is 18.9. The Hall–Kier alpha value is -1.55. The number of hydrogen-bond donors (Lipinski definition) is 2. The first kappa shape index (κ1) is 12.9. The van der Waals surface area contributed by atoms with Gasteiger partial charge in [0.1, 0.15) is 12.4 Å². The second kappa shape index (κ2) is 5.87. The van der Waals surface area contributed by atoms with Gasteiger partial charge in [0.15, 0.2) is 0 Å². The van der Waals surface area contributed by atoms with E-state index >= 15 is 0 Å². The third kappa shape index (κ3) is 2.82. The Morgan fingerprint density at radius 3 is 3.11 bits per heavy atom. The average Bonchev–Trinajstić information content (AvgIpc) is 2.79. The van der Waals surface area contributed by atoms with E-state index in [4.69, 9.17) is 10.5 Å². The van der Waals surface area contributed by atoms with E-state index in [9.17, 15) is 4.79 Å². The van der Waals surface area contributed by atoms with E-state index in [0.717, 1.165) is 24.2 Å². The summed E-state index contributed by atoms with van der Waals surface area (Å²) < 4.78 is 5.54. The van der Waals surface area contributed by atoms with Crippen molar-refractivity contribution in [2.24, 2.45) is 11.7 Å². The SMILES string of the molecule is CC(CCCN)C(=O)NC1COc2ccccc21. The van der Waals surface area contributed by atoms with Crippen LogP contribution in [0.25, 0.3) is 0 Å². The van der Waals surface area contributed by atoms with Crippen molar-refractivity contribution in [1.29, 1.82) is 0 Å². The molecule has 1 aromatic carbocycles. The molecule has 4 nitrogen and oxygen atoms in total. The number of carbonyl (C=O) groups excluding carboxylic acids is 1. The van der Waals surface area contributed by atoms with Crippen molar-refractivity contribution in [3.63, 3.8) is 0 Å². The molecule has 0 saturated carbocycles. The van der Waals surface area contributed by atoms with Crippen molar-refractivity contribution >= 4 is 5.91 Å². The van der Waals surface area contributed by atoms with E-state index in [0.29, 0.717) is 13.2 Å². The lowest BCUT2D eigenvalue weighted by Gasteiger charge is -2.16. The van der Waals surface area contributed by atoms with E-state index in [1.165, 1.54) is 0 Å². The summed E-state index contributed by atoms with van der Waals surface area (Å²) in [4.78, 5) is 12.0. The van der Waals surface area contributed by atoms with E-state index in [2.05, 4.69) is 5.32 Å². The summed E-state index contributed by atoms with van der Waals surface area (Å²) in [5.74, 6) is 0.951. The van der Waals surface area contributed by atoms with E-state index in [-0.39, 0.29) is 17.9 Å².